The van der Waals surface area contributed by atoms with Gasteiger partial charge in [0.25, 0.3) is 5.56 Å². The first-order valence-corrected chi connectivity index (χ1v) is 13.2. The third-order valence-electron chi connectivity index (χ3n) is 6.63. The molecular formula is C31H27FN2O4S. The van der Waals surface area contributed by atoms with Crippen LogP contribution in [0.2, 0.25) is 0 Å². The summed E-state index contributed by atoms with van der Waals surface area (Å²) in [5.74, 6) is 0.387. The molecule has 0 aliphatic heterocycles. The Morgan fingerprint density at radius 3 is 2.46 bits per heavy atom. The van der Waals surface area contributed by atoms with Gasteiger partial charge < -0.3 is 19.0 Å². The van der Waals surface area contributed by atoms with E-state index in [0.717, 1.165) is 22.2 Å². The number of rotatable bonds is 7. The van der Waals surface area contributed by atoms with Crippen LogP contribution in [0.15, 0.2) is 76.3 Å². The lowest BCUT2D eigenvalue weighted by molar-refractivity contribution is 0.216. The molecule has 5 rings (SSSR count). The number of ether oxygens (including phenoxy) is 2. The van der Waals surface area contributed by atoms with Crippen molar-refractivity contribution in [3.63, 3.8) is 0 Å². The van der Waals surface area contributed by atoms with Crippen LogP contribution in [0.3, 0.4) is 0 Å². The van der Waals surface area contributed by atoms with Crippen molar-refractivity contribution in [2.75, 3.05) is 13.2 Å². The number of aromatic amines is 1. The number of hydrogen-bond acceptors (Lipinski definition) is 5. The third kappa shape index (κ3) is 5.15. The number of fused-ring (bicyclic) bond motifs is 1. The largest absolute Gasteiger partial charge is 0.490 e. The van der Waals surface area contributed by atoms with Gasteiger partial charge in [-0.3, -0.25) is 9.59 Å². The maximum Gasteiger partial charge on any atom is 0.266 e. The standard InChI is InChI=1S/C31H27FN2O4S/c1-18-9-12-22(32)17-25(18)27-29(28(35)24-7-5-6-8-26(24)34(27)4)38-16-15-37-23-13-10-21(11-14-23)19(2)30-31(36)33-20(3)39-30/h5-14,17H,3,15-16H2,1-2,4H3,(H,33,36)/b30-19+. The smallest absolute Gasteiger partial charge is 0.266 e. The lowest BCUT2D eigenvalue weighted by Crippen LogP contribution is -2.22. The molecule has 3 aromatic carbocycles. The van der Waals surface area contributed by atoms with Gasteiger partial charge in [0.1, 0.15) is 24.8 Å². The number of pyridine rings is 1. The molecule has 5 aromatic rings. The van der Waals surface area contributed by atoms with Gasteiger partial charge in [0, 0.05) is 18.0 Å². The summed E-state index contributed by atoms with van der Waals surface area (Å²) in [6.45, 7) is 7.86. The van der Waals surface area contributed by atoms with E-state index in [-0.39, 0.29) is 30.0 Å². The molecule has 0 saturated carbocycles. The highest BCUT2D eigenvalue weighted by atomic mass is 32.1. The van der Waals surface area contributed by atoms with Crippen LogP contribution in [0.5, 0.6) is 11.5 Å². The zero-order chi connectivity index (χ0) is 27.7. The molecule has 0 spiro atoms. The number of H-pyrrole nitrogens is 1. The van der Waals surface area contributed by atoms with E-state index >= 15 is 0 Å². The van der Waals surface area contributed by atoms with Crippen LogP contribution in [0, 0.1) is 12.7 Å². The van der Waals surface area contributed by atoms with Gasteiger partial charge >= 0.3 is 0 Å². The average molecular weight is 543 g/mol. The van der Waals surface area contributed by atoms with E-state index in [1.165, 1.54) is 23.5 Å². The molecule has 6 nitrogen and oxygen atoms in total. The molecule has 0 saturated heterocycles. The predicted octanol–water partition coefficient (Wildman–Crippen LogP) is 4.49. The monoisotopic (exact) mass is 542 g/mol. The van der Waals surface area contributed by atoms with Gasteiger partial charge in [-0.15, -0.1) is 11.3 Å². The second kappa shape index (κ2) is 10.7. The molecule has 2 heterocycles. The number of nitrogens with zero attached hydrogens (tertiary/aromatic N) is 1. The minimum absolute atomic E-state index is 0.110. The fourth-order valence-electron chi connectivity index (χ4n) is 4.61. The molecule has 0 radical (unpaired) electrons. The lowest BCUT2D eigenvalue weighted by Gasteiger charge is -2.19. The van der Waals surface area contributed by atoms with E-state index in [2.05, 4.69) is 11.6 Å². The Morgan fingerprint density at radius 2 is 1.74 bits per heavy atom. The fraction of sp³-hybridized carbons (Fsp3) is 0.161. The summed E-state index contributed by atoms with van der Waals surface area (Å²) in [6, 6.07) is 19.2. The van der Waals surface area contributed by atoms with E-state index in [0.29, 0.717) is 31.6 Å². The quantitative estimate of drug-likeness (QED) is 0.308. The Hall–Kier alpha value is -4.43. The molecule has 1 N–H and O–H groups in total. The van der Waals surface area contributed by atoms with E-state index in [9.17, 15) is 14.0 Å². The molecule has 0 atom stereocenters. The van der Waals surface area contributed by atoms with Gasteiger partial charge in [-0.25, -0.2) is 4.39 Å². The predicted molar refractivity (Wildman–Crippen MR) is 155 cm³/mol. The van der Waals surface area contributed by atoms with Gasteiger partial charge in [-0.1, -0.05) is 36.9 Å². The first-order valence-electron chi connectivity index (χ1n) is 12.4. The van der Waals surface area contributed by atoms with E-state index in [1.807, 2.05) is 61.9 Å². The average Bonchev–Trinajstić information content (AvgIpc) is 3.28. The van der Waals surface area contributed by atoms with Crippen LogP contribution < -0.4 is 29.7 Å². The Kier molecular flexibility index (Phi) is 7.21. The minimum Gasteiger partial charge on any atom is -0.490 e. The van der Waals surface area contributed by atoms with Crippen molar-refractivity contribution < 1.29 is 13.9 Å². The summed E-state index contributed by atoms with van der Waals surface area (Å²) in [5.41, 5.74) is 4.02. The van der Waals surface area contributed by atoms with Crippen LogP contribution in [-0.4, -0.2) is 22.8 Å². The Balaban J connectivity index is 1.39. The van der Waals surface area contributed by atoms with E-state index in [4.69, 9.17) is 9.47 Å². The number of thiazole rings is 1. The molecule has 0 aliphatic carbocycles. The van der Waals surface area contributed by atoms with E-state index < -0.39 is 5.82 Å². The highest BCUT2D eigenvalue weighted by Gasteiger charge is 2.20. The van der Waals surface area contributed by atoms with Crippen molar-refractivity contribution >= 4 is 34.4 Å². The van der Waals surface area contributed by atoms with Crippen molar-refractivity contribution in [3.05, 3.63) is 113 Å². The number of hydrogen-bond donors (Lipinski definition) is 1. The zero-order valence-corrected chi connectivity index (χ0v) is 22.7. The fourth-order valence-corrected chi connectivity index (χ4v) is 5.41. The van der Waals surface area contributed by atoms with Crippen molar-refractivity contribution in [2.24, 2.45) is 7.05 Å². The topological polar surface area (TPSA) is 73.3 Å². The molecule has 0 fully saturated rings. The molecule has 8 heteroatoms. The van der Waals surface area contributed by atoms with Crippen molar-refractivity contribution in [1.82, 2.24) is 9.55 Å². The molecule has 39 heavy (non-hydrogen) atoms. The lowest BCUT2D eigenvalue weighted by atomic mass is 10.0. The third-order valence-corrected chi connectivity index (χ3v) is 7.68. The van der Waals surface area contributed by atoms with Crippen molar-refractivity contribution in [3.8, 4) is 22.8 Å². The summed E-state index contributed by atoms with van der Waals surface area (Å²) in [6.07, 6.45) is 0. The molecule has 2 aromatic heterocycles. The first-order chi connectivity index (χ1) is 18.7. The maximum atomic E-state index is 14.2. The van der Waals surface area contributed by atoms with E-state index in [1.54, 1.807) is 18.2 Å². The van der Waals surface area contributed by atoms with Crippen LogP contribution >= 0.6 is 11.3 Å². The van der Waals surface area contributed by atoms with Gasteiger partial charge in [-0.05, 0) is 66.9 Å². The van der Waals surface area contributed by atoms with Gasteiger partial charge in [0.05, 0.1) is 20.4 Å². The Morgan fingerprint density at radius 1 is 1.03 bits per heavy atom. The van der Waals surface area contributed by atoms with Crippen LogP contribution in [0.1, 0.15) is 18.1 Å². The first kappa shape index (κ1) is 26.2. The zero-order valence-electron chi connectivity index (χ0n) is 21.8. The maximum absolute atomic E-state index is 14.2. The normalized spacial score (nSPS) is 12.0. The Bertz CT molecular complexity index is 1920. The molecule has 0 unspecified atom stereocenters. The molecule has 0 bridgehead atoms. The number of benzene rings is 3. The highest BCUT2D eigenvalue weighted by Crippen LogP contribution is 2.33. The highest BCUT2D eigenvalue weighted by molar-refractivity contribution is 7.07. The summed E-state index contributed by atoms with van der Waals surface area (Å²) in [4.78, 5) is 28.3. The molecule has 0 amide bonds. The number of halogens is 1. The molecule has 198 valence electrons. The van der Waals surface area contributed by atoms with Crippen molar-refractivity contribution in [2.45, 2.75) is 13.8 Å². The summed E-state index contributed by atoms with van der Waals surface area (Å²) < 4.78 is 29.2. The minimum atomic E-state index is -0.392. The number of nitrogens with one attached hydrogen (secondary N) is 1. The van der Waals surface area contributed by atoms with Crippen LogP contribution in [0.4, 0.5) is 4.39 Å². The SMILES string of the molecule is C=c1[nH]c(=O)/c(=C(/C)c2ccc(OCCOc3c(-c4cc(F)ccc4C)n(C)c4ccccc4c3=O)cc2)s1. The molecular weight excluding hydrogens is 515 g/mol. The van der Waals surface area contributed by atoms with Gasteiger partial charge in [0.15, 0.2) is 5.75 Å². The molecule has 0 aliphatic rings. The van der Waals surface area contributed by atoms with Gasteiger partial charge in [0.2, 0.25) is 5.43 Å². The second-order valence-electron chi connectivity index (χ2n) is 9.20. The van der Waals surface area contributed by atoms with Crippen LogP contribution in [-0.2, 0) is 7.05 Å². The summed E-state index contributed by atoms with van der Waals surface area (Å²) in [5, 5.41) is 0.520. The Labute approximate surface area is 227 Å². The van der Waals surface area contributed by atoms with Crippen LogP contribution in [0.25, 0.3) is 34.3 Å². The second-order valence-corrected chi connectivity index (χ2v) is 10.3. The summed E-state index contributed by atoms with van der Waals surface area (Å²) >= 11 is 1.33. The number of para-hydroxylation sites is 1. The number of aryl methyl sites for hydroxylation is 2. The summed E-state index contributed by atoms with van der Waals surface area (Å²) in [7, 11) is 1.84. The van der Waals surface area contributed by atoms with Crippen molar-refractivity contribution in [1.29, 1.82) is 0 Å². The van der Waals surface area contributed by atoms with Gasteiger partial charge in [-0.2, -0.15) is 0 Å². The number of aromatic nitrogens is 2.